The van der Waals surface area contributed by atoms with Gasteiger partial charge >= 0.3 is 0 Å². The van der Waals surface area contributed by atoms with Gasteiger partial charge < -0.3 is 10.1 Å². The molecule has 0 radical (unpaired) electrons. The first-order valence-electron chi connectivity index (χ1n) is 8.00. The van der Waals surface area contributed by atoms with Gasteiger partial charge in [0, 0.05) is 31.7 Å². The first kappa shape index (κ1) is 16.3. The van der Waals surface area contributed by atoms with Crippen molar-refractivity contribution in [3.05, 3.63) is 29.8 Å². The van der Waals surface area contributed by atoms with Crippen LogP contribution in [0.15, 0.2) is 24.3 Å². The van der Waals surface area contributed by atoms with Gasteiger partial charge in [0.05, 0.1) is 7.11 Å². The Morgan fingerprint density at radius 3 is 2.48 bits per heavy atom. The number of benzene rings is 1. The number of hydrogen-bond acceptors (Lipinski definition) is 3. The Hall–Kier alpha value is -1.06. The van der Waals surface area contributed by atoms with Crippen LogP contribution in [-0.4, -0.2) is 43.7 Å². The highest BCUT2D eigenvalue weighted by molar-refractivity contribution is 5.27. The van der Waals surface area contributed by atoms with Gasteiger partial charge in [-0.3, -0.25) is 4.90 Å². The van der Waals surface area contributed by atoms with Crippen LogP contribution in [-0.2, 0) is 6.42 Å². The number of methoxy groups -OCH3 is 1. The average Bonchev–Trinajstić information content (AvgIpc) is 2.44. The lowest BCUT2D eigenvalue weighted by Gasteiger charge is -2.46. The number of piperazine rings is 1. The van der Waals surface area contributed by atoms with E-state index in [1.165, 1.54) is 5.56 Å². The van der Waals surface area contributed by atoms with Crippen LogP contribution in [0.4, 0.5) is 0 Å². The molecule has 1 aliphatic heterocycles. The van der Waals surface area contributed by atoms with E-state index in [4.69, 9.17) is 4.74 Å². The van der Waals surface area contributed by atoms with E-state index in [-0.39, 0.29) is 0 Å². The minimum absolute atomic E-state index is 0.313. The van der Waals surface area contributed by atoms with Crippen molar-refractivity contribution >= 4 is 0 Å². The fraction of sp³-hybridized carbons (Fsp3) is 0.667. The maximum atomic E-state index is 5.22. The Kier molecular flexibility index (Phi) is 5.28. The second-order valence-corrected chi connectivity index (χ2v) is 7.28. The summed E-state index contributed by atoms with van der Waals surface area (Å²) in [4.78, 5) is 2.66. The molecule has 2 unspecified atom stereocenters. The van der Waals surface area contributed by atoms with Crippen LogP contribution in [0.25, 0.3) is 0 Å². The topological polar surface area (TPSA) is 24.5 Å². The molecule has 0 aromatic heterocycles. The molecular formula is C18H30N2O. The van der Waals surface area contributed by atoms with E-state index in [2.05, 4.69) is 62.2 Å². The minimum atomic E-state index is 0.313. The minimum Gasteiger partial charge on any atom is -0.497 e. The van der Waals surface area contributed by atoms with Gasteiger partial charge in [-0.1, -0.05) is 32.9 Å². The second-order valence-electron chi connectivity index (χ2n) is 7.28. The lowest BCUT2D eigenvalue weighted by Crippen LogP contribution is -2.60. The molecule has 1 aliphatic rings. The molecule has 21 heavy (non-hydrogen) atoms. The quantitative estimate of drug-likeness (QED) is 0.922. The zero-order valence-electron chi connectivity index (χ0n) is 14.1. The molecule has 1 fully saturated rings. The van der Waals surface area contributed by atoms with Crippen molar-refractivity contribution in [3.63, 3.8) is 0 Å². The zero-order chi connectivity index (χ0) is 15.5. The third-order valence-electron chi connectivity index (χ3n) is 4.46. The highest BCUT2D eigenvalue weighted by Gasteiger charge is 2.33. The van der Waals surface area contributed by atoms with Gasteiger partial charge in [0.15, 0.2) is 0 Å². The predicted octanol–water partition coefficient (Wildman–Crippen LogP) is 2.95. The van der Waals surface area contributed by atoms with Crippen molar-refractivity contribution < 1.29 is 4.74 Å². The normalized spacial score (nSPS) is 24.0. The van der Waals surface area contributed by atoms with Crippen LogP contribution < -0.4 is 10.1 Å². The van der Waals surface area contributed by atoms with E-state index in [0.717, 1.165) is 31.8 Å². The van der Waals surface area contributed by atoms with Gasteiger partial charge in [0.1, 0.15) is 5.75 Å². The molecule has 118 valence electrons. The lowest BCUT2D eigenvalue weighted by atomic mass is 9.84. The smallest absolute Gasteiger partial charge is 0.118 e. The summed E-state index contributed by atoms with van der Waals surface area (Å²) in [6, 6.07) is 9.65. The molecule has 1 saturated heterocycles. The highest BCUT2D eigenvalue weighted by atomic mass is 16.5. The average molecular weight is 290 g/mol. The third kappa shape index (κ3) is 4.45. The Bertz CT molecular complexity index is 436. The SMILES string of the molecule is COc1ccc(CCN2CC(C)NCC2C(C)(C)C)cc1. The molecule has 2 atom stereocenters. The van der Waals surface area contributed by atoms with Crippen LogP contribution in [0.5, 0.6) is 5.75 Å². The molecule has 1 aromatic carbocycles. The van der Waals surface area contributed by atoms with E-state index in [1.807, 2.05) is 0 Å². The Balaban J connectivity index is 1.97. The monoisotopic (exact) mass is 290 g/mol. The maximum absolute atomic E-state index is 5.22. The number of rotatable bonds is 4. The zero-order valence-corrected chi connectivity index (χ0v) is 14.1. The van der Waals surface area contributed by atoms with Gasteiger partial charge in [-0.2, -0.15) is 0 Å². The summed E-state index contributed by atoms with van der Waals surface area (Å²) in [5.41, 5.74) is 1.70. The third-order valence-corrected chi connectivity index (χ3v) is 4.46. The van der Waals surface area contributed by atoms with Gasteiger partial charge in [-0.05, 0) is 36.5 Å². The van der Waals surface area contributed by atoms with E-state index in [0.29, 0.717) is 17.5 Å². The maximum Gasteiger partial charge on any atom is 0.118 e. The summed E-state index contributed by atoms with van der Waals surface area (Å²) in [6.45, 7) is 12.7. The lowest BCUT2D eigenvalue weighted by molar-refractivity contribution is 0.0601. The first-order chi connectivity index (χ1) is 9.90. The number of nitrogens with zero attached hydrogens (tertiary/aromatic N) is 1. The molecule has 0 bridgehead atoms. The Morgan fingerprint density at radius 1 is 1.24 bits per heavy atom. The van der Waals surface area contributed by atoms with Crippen LogP contribution in [0.1, 0.15) is 33.3 Å². The molecule has 0 aliphatic carbocycles. The first-order valence-corrected chi connectivity index (χ1v) is 8.00. The van der Waals surface area contributed by atoms with E-state index in [1.54, 1.807) is 7.11 Å². The van der Waals surface area contributed by atoms with Gasteiger partial charge in [0.25, 0.3) is 0 Å². The molecule has 3 heteroatoms. The molecule has 1 aromatic rings. The van der Waals surface area contributed by atoms with Gasteiger partial charge in [-0.25, -0.2) is 0 Å². The highest BCUT2D eigenvalue weighted by Crippen LogP contribution is 2.26. The van der Waals surface area contributed by atoms with Gasteiger partial charge in [0.2, 0.25) is 0 Å². The molecular weight excluding hydrogens is 260 g/mol. The number of hydrogen-bond donors (Lipinski definition) is 1. The van der Waals surface area contributed by atoms with Crippen molar-refractivity contribution in [3.8, 4) is 5.75 Å². The summed E-state index contributed by atoms with van der Waals surface area (Å²) in [6.07, 6.45) is 1.10. The fourth-order valence-electron chi connectivity index (χ4n) is 3.15. The summed E-state index contributed by atoms with van der Waals surface area (Å²) < 4.78 is 5.22. The van der Waals surface area contributed by atoms with Gasteiger partial charge in [-0.15, -0.1) is 0 Å². The largest absolute Gasteiger partial charge is 0.497 e. The molecule has 0 saturated carbocycles. The molecule has 1 N–H and O–H groups in total. The van der Waals surface area contributed by atoms with Crippen LogP contribution >= 0.6 is 0 Å². The van der Waals surface area contributed by atoms with E-state index in [9.17, 15) is 0 Å². The Labute approximate surface area is 129 Å². The predicted molar refractivity (Wildman–Crippen MR) is 89.0 cm³/mol. The molecule has 0 spiro atoms. The van der Waals surface area contributed by atoms with Crippen LogP contribution in [0, 0.1) is 5.41 Å². The summed E-state index contributed by atoms with van der Waals surface area (Å²) in [5.74, 6) is 0.933. The molecule has 3 nitrogen and oxygen atoms in total. The molecule has 1 heterocycles. The molecule has 2 rings (SSSR count). The van der Waals surface area contributed by atoms with Crippen molar-refractivity contribution in [1.82, 2.24) is 10.2 Å². The van der Waals surface area contributed by atoms with Crippen molar-refractivity contribution in [1.29, 1.82) is 0 Å². The summed E-state index contributed by atoms with van der Waals surface area (Å²) in [5, 5.41) is 3.62. The summed E-state index contributed by atoms with van der Waals surface area (Å²) in [7, 11) is 1.71. The fourth-order valence-corrected chi connectivity index (χ4v) is 3.15. The standard InChI is InChI=1S/C18H30N2O/c1-14-13-20(17(12-19-14)18(2,3)4)11-10-15-6-8-16(21-5)9-7-15/h6-9,14,17,19H,10-13H2,1-5H3. The summed E-state index contributed by atoms with van der Waals surface area (Å²) >= 11 is 0. The Morgan fingerprint density at radius 2 is 1.90 bits per heavy atom. The van der Waals surface area contributed by atoms with E-state index >= 15 is 0 Å². The number of nitrogens with one attached hydrogen (secondary N) is 1. The van der Waals surface area contributed by atoms with E-state index < -0.39 is 0 Å². The molecule has 0 amide bonds. The number of ether oxygens (including phenoxy) is 1. The second kappa shape index (κ2) is 6.80. The van der Waals surface area contributed by atoms with Crippen LogP contribution in [0.2, 0.25) is 0 Å². The van der Waals surface area contributed by atoms with Crippen molar-refractivity contribution in [2.75, 3.05) is 26.7 Å². The van der Waals surface area contributed by atoms with Crippen molar-refractivity contribution in [2.45, 2.75) is 46.2 Å². The van der Waals surface area contributed by atoms with Crippen molar-refractivity contribution in [2.24, 2.45) is 5.41 Å². The van der Waals surface area contributed by atoms with Crippen LogP contribution in [0.3, 0.4) is 0 Å².